The summed E-state index contributed by atoms with van der Waals surface area (Å²) in [7, 11) is 0. The molecule has 0 aliphatic carbocycles. The highest BCUT2D eigenvalue weighted by Gasteiger charge is 2.07. The van der Waals surface area contributed by atoms with E-state index < -0.39 is 0 Å². The normalized spacial score (nSPS) is 10.4. The number of nitrogens with one attached hydrogen (secondary N) is 3. The first-order chi connectivity index (χ1) is 11.6. The number of hydrogen-bond acceptors (Lipinski definition) is 3. The topological polar surface area (TPSA) is 71.0 Å². The number of halogens is 1. The van der Waals surface area contributed by atoms with E-state index >= 15 is 0 Å². The zero-order valence-corrected chi connectivity index (χ0v) is 14.1. The number of carbonyl (C=O) groups is 1. The number of benzene rings is 2. The minimum atomic E-state index is -0.238. The van der Waals surface area contributed by atoms with Crippen molar-refractivity contribution in [2.45, 2.75) is 6.54 Å². The Morgan fingerprint density at radius 2 is 1.88 bits per heavy atom. The van der Waals surface area contributed by atoms with Crippen molar-refractivity contribution in [3.8, 4) is 0 Å². The molecule has 0 unspecified atom stereocenters. The lowest BCUT2D eigenvalue weighted by molar-refractivity contribution is -0.122. The number of imidazole rings is 1. The molecule has 0 atom stereocenters. The molecular weight excluding hydrogens is 346 g/mol. The predicted molar refractivity (Wildman–Crippen MR) is 98.7 cm³/mol. The average molecular weight is 360 g/mol. The van der Waals surface area contributed by atoms with Crippen LogP contribution in [0.15, 0.2) is 54.9 Å². The molecule has 0 bridgehead atoms. The van der Waals surface area contributed by atoms with Crippen LogP contribution in [0, 0.1) is 0 Å². The van der Waals surface area contributed by atoms with Crippen LogP contribution in [0.1, 0.15) is 0 Å². The maximum Gasteiger partial charge on any atom is 0.258 e. The highest BCUT2D eigenvalue weighted by atomic mass is 35.5. The van der Waals surface area contributed by atoms with Crippen molar-refractivity contribution in [2.24, 2.45) is 0 Å². The third-order valence-corrected chi connectivity index (χ3v) is 3.71. The summed E-state index contributed by atoms with van der Waals surface area (Å²) in [5, 5.41) is 3.86. The van der Waals surface area contributed by atoms with Gasteiger partial charge in [0.15, 0.2) is 5.11 Å². The lowest BCUT2D eigenvalue weighted by Gasteiger charge is -2.12. The van der Waals surface area contributed by atoms with Gasteiger partial charge in [0.1, 0.15) is 6.54 Å². The third kappa shape index (κ3) is 4.01. The Hall–Kier alpha value is -2.64. The lowest BCUT2D eigenvalue weighted by Crippen LogP contribution is -2.45. The zero-order chi connectivity index (χ0) is 16.9. The van der Waals surface area contributed by atoms with Crippen molar-refractivity contribution in [3.05, 3.63) is 59.9 Å². The first kappa shape index (κ1) is 16.2. The van der Waals surface area contributed by atoms with Gasteiger partial charge in [-0.15, -0.1) is 0 Å². The molecule has 0 fully saturated rings. The molecule has 0 saturated carbocycles. The maximum atomic E-state index is 12.0. The summed E-state index contributed by atoms with van der Waals surface area (Å²) in [6.07, 6.45) is 1.63. The standard InChI is InChI=1S/C16H14ClN5OS/c17-11-5-7-12(8-6-11)19-16(24)21-20-15(23)9-22-10-18-13-3-1-2-4-14(13)22/h1-8,10H,9H2,(H,20,23)(H2,19,21,24). The maximum absolute atomic E-state index is 12.0. The molecule has 1 heterocycles. The first-order valence-corrected chi connectivity index (χ1v) is 7.92. The highest BCUT2D eigenvalue weighted by Crippen LogP contribution is 2.13. The Kier molecular flexibility index (Phi) is 4.93. The molecule has 6 nitrogen and oxygen atoms in total. The fraction of sp³-hybridized carbons (Fsp3) is 0.0625. The van der Waals surface area contributed by atoms with Crippen LogP contribution in [0.5, 0.6) is 0 Å². The fourth-order valence-corrected chi connectivity index (χ4v) is 2.45. The number of carbonyl (C=O) groups excluding carboxylic acids is 1. The van der Waals surface area contributed by atoms with E-state index in [2.05, 4.69) is 21.2 Å². The molecule has 0 saturated heterocycles. The molecule has 8 heteroatoms. The summed E-state index contributed by atoms with van der Waals surface area (Å²) in [4.78, 5) is 16.3. The number of aromatic nitrogens is 2. The van der Waals surface area contributed by atoms with Gasteiger partial charge in [-0.2, -0.15) is 0 Å². The van der Waals surface area contributed by atoms with Gasteiger partial charge in [-0.3, -0.25) is 15.6 Å². The molecule has 122 valence electrons. The van der Waals surface area contributed by atoms with E-state index in [0.29, 0.717) is 5.02 Å². The van der Waals surface area contributed by atoms with Gasteiger partial charge in [-0.1, -0.05) is 23.7 Å². The van der Waals surface area contributed by atoms with Gasteiger partial charge in [0.2, 0.25) is 0 Å². The van der Waals surface area contributed by atoms with Gasteiger partial charge < -0.3 is 9.88 Å². The number of rotatable bonds is 3. The summed E-state index contributed by atoms with van der Waals surface area (Å²) < 4.78 is 1.77. The summed E-state index contributed by atoms with van der Waals surface area (Å²) in [5.74, 6) is -0.238. The number of nitrogens with zero attached hydrogens (tertiary/aromatic N) is 2. The predicted octanol–water partition coefficient (Wildman–Crippen LogP) is 2.71. The SMILES string of the molecule is O=C(Cn1cnc2ccccc21)NNC(=S)Nc1ccc(Cl)cc1. The number of fused-ring (bicyclic) bond motifs is 1. The van der Waals surface area contributed by atoms with E-state index in [4.69, 9.17) is 23.8 Å². The van der Waals surface area contributed by atoms with E-state index in [1.807, 2.05) is 24.3 Å². The molecule has 0 radical (unpaired) electrons. The lowest BCUT2D eigenvalue weighted by atomic mass is 10.3. The van der Waals surface area contributed by atoms with Crippen LogP contribution < -0.4 is 16.2 Å². The van der Waals surface area contributed by atoms with Gasteiger partial charge in [0.25, 0.3) is 5.91 Å². The second-order valence-electron chi connectivity index (χ2n) is 5.00. The van der Waals surface area contributed by atoms with Crippen molar-refractivity contribution >= 4 is 51.6 Å². The van der Waals surface area contributed by atoms with Crippen LogP contribution >= 0.6 is 23.8 Å². The molecule has 0 spiro atoms. The number of amides is 1. The summed E-state index contributed by atoms with van der Waals surface area (Å²) in [6.45, 7) is 0.136. The monoisotopic (exact) mass is 359 g/mol. The molecule has 1 aromatic heterocycles. The summed E-state index contributed by atoms with van der Waals surface area (Å²) in [6, 6.07) is 14.7. The number of hydrazine groups is 1. The van der Waals surface area contributed by atoms with E-state index in [0.717, 1.165) is 16.7 Å². The molecule has 2 aromatic carbocycles. The Morgan fingerprint density at radius 1 is 1.12 bits per heavy atom. The van der Waals surface area contributed by atoms with E-state index in [9.17, 15) is 4.79 Å². The van der Waals surface area contributed by atoms with E-state index in [-0.39, 0.29) is 17.6 Å². The molecule has 3 N–H and O–H groups in total. The van der Waals surface area contributed by atoms with Crippen molar-refractivity contribution < 1.29 is 4.79 Å². The van der Waals surface area contributed by atoms with Crippen LogP contribution in [-0.2, 0) is 11.3 Å². The van der Waals surface area contributed by atoms with Crippen LogP contribution in [0.25, 0.3) is 11.0 Å². The average Bonchev–Trinajstić information content (AvgIpc) is 2.98. The minimum Gasteiger partial charge on any atom is -0.331 e. The van der Waals surface area contributed by atoms with Crippen LogP contribution in [-0.4, -0.2) is 20.6 Å². The van der Waals surface area contributed by atoms with Gasteiger partial charge in [0.05, 0.1) is 17.4 Å². The van der Waals surface area contributed by atoms with E-state index in [1.165, 1.54) is 0 Å². The number of anilines is 1. The summed E-state index contributed by atoms with van der Waals surface area (Å²) >= 11 is 10.9. The Balaban J connectivity index is 1.52. The molecule has 3 aromatic rings. The second-order valence-corrected chi connectivity index (χ2v) is 5.84. The second kappa shape index (κ2) is 7.29. The number of para-hydroxylation sites is 2. The third-order valence-electron chi connectivity index (χ3n) is 3.26. The smallest absolute Gasteiger partial charge is 0.258 e. The quantitative estimate of drug-likeness (QED) is 0.495. The van der Waals surface area contributed by atoms with Gasteiger partial charge >= 0.3 is 0 Å². The van der Waals surface area contributed by atoms with E-state index in [1.54, 1.807) is 35.2 Å². The molecule has 3 rings (SSSR count). The van der Waals surface area contributed by atoms with Crippen LogP contribution in [0.3, 0.4) is 0 Å². The highest BCUT2D eigenvalue weighted by molar-refractivity contribution is 7.80. The zero-order valence-electron chi connectivity index (χ0n) is 12.5. The van der Waals surface area contributed by atoms with Gasteiger partial charge in [-0.05, 0) is 48.6 Å². The van der Waals surface area contributed by atoms with Gasteiger partial charge in [-0.25, -0.2) is 4.98 Å². The Labute approximate surface area is 148 Å². The molecule has 1 amide bonds. The Bertz CT molecular complexity index is 878. The van der Waals surface area contributed by atoms with Gasteiger partial charge in [0, 0.05) is 10.7 Å². The molecular formula is C16H14ClN5OS. The van der Waals surface area contributed by atoms with Crippen LogP contribution in [0.2, 0.25) is 5.02 Å². The fourth-order valence-electron chi connectivity index (χ4n) is 2.15. The number of thiocarbonyl (C=S) groups is 1. The molecule has 24 heavy (non-hydrogen) atoms. The Morgan fingerprint density at radius 3 is 2.67 bits per heavy atom. The number of hydrogen-bond donors (Lipinski definition) is 3. The minimum absolute atomic E-state index is 0.136. The summed E-state index contributed by atoms with van der Waals surface area (Å²) in [5.41, 5.74) is 7.72. The molecule has 0 aliphatic rings. The van der Waals surface area contributed by atoms with Crippen molar-refractivity contribution in [1.29, 1.82) is 0 Å². The molecule has 0 aliphatic heterocycles. The first-order valence-electron chi connectivity index (χ1n) is 7.13. The largest absolute Gasteiger partial charge is 0.331 e. The van der Waals surface area contributed by atoms with Crippen molar-refractivity contribution in [3.63, 3.8) is 0 Å². The van der Waals surface area contributed by atoms with Crippen LogP contribution in [0.4, 0.5) is 5.69 Å². The van der Waals surface area contributed by atoms with Crippen molar-refractivity contribution in [2.75, 3.05) is 5.32 Å². The van der Waals surface area contributed by atoms with Crippen molar-refractivity contribution in [1.82, 2.24) is 20.4 Å².